The van der Waals surface area contributed by atoms with Crippen molar-refractivity contribution in [3.05, 3.63) is 53.1 Å². The SMILES string of the molecule is Cc1cc2c(cc1S(=O)(=O)CCC(=O)N1CCc3ccccc3C1)OCC(=O)N2. The van der Waals surface area contributed by atoms with E-state index in [1.165, 1.54) is 11.6 Å². The summed E-state index contributed by atoms with van der Waals surface area (Å²) in [5, 5.41) is 2.66. The predicted octanol–water partition coefficient (Wildman–Crippen LogP) is 2.07. The van der Waals surface area contributed by atoms with Crippen molar-refractivity contribution in [2.45, 2.75) is 31.2 Å². The molecule has 0 radical (unpaired) electrons. The molecule has 2 aromatic rings. The van der Waals surface area contributed by atoms with E-state index in [-0.39, 0.29) is 35.5 Å². The fraction of sp³-hybridized carbons (Fsp3) is 0.333. The molecule has 0 unspecified atom stereocenters. The van der Waals surface area contributed by atoms with Gasteiger partial charge in [-0.2, -0.15) is 0 Å². The summed E-state index contributed by atoms with van der Waals surface area (Å²) < 4.78 is 31.1. The average molecular weight is 414 g/mol. The van der Waals surface area contributed by atoms with Crippen molar-refractivity contribution in [3.63, 3.8) is 0 Å². The van der Waals surface area contributed by atoms with E-state index >= 15 is 0 Å². The number of fused-ring (bicyclic) bond motifs is 2. The van der Waals surface area contributed by atoms with Crippen molar-refractivity contribution in [2.24, 2.45) is 0 Å². The number of carbonyl (C=O) groups excluding carboxylic acids is 2. The molecule has 0 saturated carbocycles. The number of ether oxygens (including phenoxy) is 1. The number of hydrogen-bond acceptors (Lipinski definition) is 5. The summed E-state index contributed by atoms with van der Waals surface area (Å²) in [6.07, 6.45) is 0.709. The van der Waals surface area contributed by atoms with Gasteiger partial charge in [-0.3, -0.25) is 9.59 Å². The maximum atomic E-state index is 12.9. The zero-order valence-electron chi connectivity index (χ0n) is 16.1. The van der Waals surface area contributed by atoms with Crippen molar-refractivity contribution in [1.82, 2.24) is 4.90 Å². The van der Waals surface area contributed by atoms with Crippen LogP contribution in [0.3, 0.4) is 0 Å². The van der Waals surface area contributed by atoms with Crippen LogP contribution in [-0.4, -0.2) is 44.0 Å². The van der Waals surface area contributed by atoms with Gasteiger partial charge in [0.25, 0.3) is 5.91 Å². The molecule has 2 amide bonds. The van der Waals surface area contributed by atoms with E-state index in [1.807, 2.05) is 18.2 Å². The van der Waals surface area contributed by atoms with Crippen LogP contribution in [0.1, 0.15) is 23.1 Å². The highest BCUT2D eigenvalue weighted by molar-refractivity contribution is 7.91. The van der Waals surface area contributed by atoms with Gasteiger partial charge in [-0.25, -0.2) is 8.42 Å². The molecule has 2 heterocycles. The van der Waals surface area contributed by atoms with Crippen LogP contribution in [0, 0.1) is 6.92 Å². The molecule has 0 bridgehead atoms. The van der Waals surface area contributed by atoms with Crippen molar-refractivity contribution in [3.8, 4) is 5.75 Å². The van der Waals surface area contributed by atoms with Crippen molar-refractivity contribution in [2.75, 3.05) is 24.2 Å². The Morgan fingerprint density at radius 3 is 2.76 bits per heavy atom. The van der Waals surface area contributed by atoms with Crippen molar-refractivity contribution >= 4 is 27.3 Å². The topological polar surface area (TPSA) is 92.8 Å². The number of sulfone groups is 1. The zero-order valence-corrected chi connectivity index (χ0v) is 16.9. The summed E-state index contributed by atoms with van der Waals surface area (Å²) >= 11 is 0. The Kier molecular flexibility index (Phi) is 5.04. The van der Waals surface area contributed by atoms with E-state index in [0.717, 1.165) is 12.0 Å². The van der Waals surface area contributed by atoms with Gasteiger partial charge in [-0.1, -0.05) is 24.3 Å². The summed E-state index contributed by atoms with van der Waals surface area (Å²) in [4.78, 5) is 25.9. The van der Waals surface area contributed by atoms with Gasteiger partial charge in [0.05, 0.1) is 16.3 Å². The molecule has 2 aromatic carbocycles. The smallest absolute Gasteiger partial charge is 0.262 e. The number of amides is 2. The van der Waals surface area contributed by atoms with Crippen LogP contribution in [-0.2, 0) is 32.4 Å². The molecule has 152 valence electrons. The van der Waals surface area contributed by atoms with Crippen LogP contribution < -0.4 is 10.1 Å². The number of carbonyl (C=O) groups is 2. The molecule has 0 atom stereocenters. The first-order valence-corrected chi connectivity index (χ1v) is 11.1. The van der Waals surface area contributed by atoms with Gasteiger partial charge < -0.3 is 15.0 Å². The van der Waals surface area contributed by atoms with Crippen LogP contribution in [0.2, 0.25) is 0 Å². The predicted molar refractivity (Wildman–Crippen MR) is 108 cm³/mol. The Morgan fingerprint density at radius 1 is 1.21 bits per heavy atom. The molecule has 0 aromatic heterocycles. The maximum Gasteiger partial charge on any atom is 0.262 e. The molecule has 29 heavy (non-hydrogen) atoms. The van der Waals surface area contributed by atoms with Gasteiger partial charge in [0.15, 0.2) is 16.4 Å². The van der Waals surface area contributed by atoms with E-state index in [9.17, 15) is 18.0 Å². The summed E-state index contributed by atoms with van der Waals surface area (Å²) in [6, 6.07) is 11.0. The lowest BCUT2D eigenvalue weighted by Gasteiger charge is -2.29. The maximum absolute atomic E-state index is 12.9. The molecule has 0 spiro atoms. The molecule has 4 rings (SSSR count). The summed E-state index contributed by atoms with van der Waals surface area (Å²) in [5.74, 6) is -0.383. The number of nitrogens with one attached hydrogen (secondary N) is 1. The lowest BCUT2D eigenvalue weighted by molar-refractivity contribution is -0.131. The molecular formula is C21H22N2O5S. The first-order valence-electron chi connectivity index (χ1n) is 9.48. The van der Waals surface area contributed by atoms with E-state index in [0.29, 0.717) is 30.1 Å². The summed E-state index contributed by atoms with van der Waals surface area (Å²) in [5.41, 5.74) is 3.32. The normalized spacial score (nSPS) is 15.8. The lowest BCUT2D eigenvalue weighted by Crippen LogP contribution is -2.36. The number of benzene rings is 2. The second-order valence-electron chi connectivity index (χ2n) is 7.35. The third kappa shape index (κ3) is 3.98. The number of rotatable bonds is 4. The fourth-order valence-electron chi connectivity index (χ4n) is 3.75. The molecule has 0 fully saturated rings. The average Bonchev–Trinajstić information content (AvgIpc) is 2.71. The second kappa shape index (κ2) is 7.51. The van der Waals surface area contributed by atoms with Crippen molar-refractivity contribution in [1.29, 1.82) is 0 Å². The second-order valence-corrected chi connectivity index (χ2v) is 9.43. The molecule has 7 nitrogen and oxygen atoms in total. The standard InChI is InChI=1S/C21H22N2O5S/c1-14-10-17-18(28-13-20(24)22-17)11-19(14)29(26,27)9-7-21(25)23-8-6-15-4-2-3-5-16(15)12-23/h2-5,10-11H,6-9,12-13H2,1H3,(H,22,24). The van der Waals surface area contributed by atoms with Gasteiger partial charge in [-0.15, -0.1) is 0 Å². The highest BCUT2D eigenvalue weighted by atomic mass is 32.2. The molecule has 8 heteroatoms. The number of nitrogens with zero attached hydrogens (tertiary/aromatic N) is 1. The third-order valence-corrected chi connectivity index (χ3v) is 7.16. The minimum absolute atomic E-state index is 0.0708. The van der Waals surface area contributed by atoms with E-state index < -0.39 is 9.84 Å². The zero-order chi connectivity index (χ0) is 20.6. The highest BCUT2D eigenvalue weighted by Crippen LogP contribution is 2.33. The van der Waals surface area contributed by atoms with Gasteiger partial charge >= 0.3 is 0 Å². The minimum atomic E-state index is -3.67. The van der Waals surface area contributed by atoms with Gasteiger partial charge in [0.2, 0.25) is 5.91 Å². The Balaban J connectivity index is 1.46. The van der Waals surface area contributed by atoms with E-state index in [1.54, 1.807) is 17.9 Å². The summed E-state index contributed by atoms with van der Waals surface area (Å²) in [6.45, 7) is 2.63. The molecule has 0 aliphatic carbocycles. The van der Waals surface area contributed by atoms with Crippen LogP contribution >= 0.6 is 0 Å². The minimum Gasteiger partial charge on any atom is -0.482 e. The largest absolute Gasteiger partial charge is 0.482 e. The first-order chi connectivity index (χ1) is 13.8. The molecule has 2 aliphatic rings. The quantitative estimate of drug-likeness (QED) is 0.827. The van der Waals surface area contributed by atoms with Crippen LogP contribution in [0.5, 0.6) is 5.75 Å². The molecule has 0 saturated heterocycles. The van der Waals surface area contributed by atoms with Crippen molar-refractivity contribution < 1.29 is 22.7 Å². The monoisotopic (exact) mass is 414 g/mol. The molecule has 2 aliphatic heterocycles. The molecule has 1 N–H and O–H groups in total. The van der Waals surface area contributed by atoms with Gasteiger partial charge in [0, 0.05) is 25.6 Å². The van der Waals surface area contributed by atoms with E-state index in [2.05, 4.69) is 11.4 Å². The van der Waals surface area contributed by atoms with E-state index in [4.69, 9.17) is 4.74 Å². The number of hydrogen-bond donors (Lipinski definition) is 1. The lowest BCUT2D eigenvalue weighted by atomic mass is 10.00. The Hall–Kier alpha value is -2.87. The Morgan fingerprint density at radius 2 is 1.97 bits per heavy atom. The number of aryl methyl sites for hydroxylation is 1. The van der Waals surface area contributed by atoms with Crippen LogP contribution in [0.25, 0.3) is 0 Å². The summed E-state index contributed by atoms with van der Waals surface area (Å²) in [7, 11) is -3.67. The van der Waals surface area contributed by atoms with Gasteiger partial charge in [-0.05, 0) is 36.1 Å². The Labute approximate surface area is 169 Å². The Bertz CT molecular complexity index is 1090. The van der Waals surface area contributed by atoms with Gasteiger partial charge in [0.1, 0.15) is 5.75 Å². The highest BCUT2D eigenvalue weighted by Gasteiger charge is 2.26. The fourth-order valence-corrected chi connectivity index (χ4v) is 5.25. The first kappa shape index (κ1) is 19.4. The number of anilines is 1. The van der Waals surface area contributed by atoms with Crippen LogP contribution in [0.4, 0.5) is 5.69 Å². The third-order valence-electron chi connectivity index (χ3n) is 5.31. The molecular weight excluding hydrogens is 392 g/mol. The van der Waals surface area contributed by atoms with Crippen LogP contribution in [0.15, 0.2) is 41.3 Å².